The van der Waals surface area contributed by atoms with Crippen LogP contribution in [0.2, 0.25) is 0 Å². The van der Waals surface area contributed by atoms with Gasteiger partial charge in [-0.25, -0.2) is 0 Å². The summed E-state index contributed by atoms with van der Waals surface area (Å²) in [4.78, 5) is 0. The second-order valence-electron chi connectivity index (χ2n) is 4.25. The number of hydrogen-bond acceptors (Lipinski definition) is 1. The molecule has 0 aliphatic carbocycles. The van der Waals surface area contributed by atoms with Gasteiger partial charge in [-0.15, -0.1) is 0 Å². The van der Waals surface area contributed by atoms with Crippen molar-refractivity contribution in [1.82, 2.24) is 4.57 Å². The third-order valence-electron chi connectivity index (χ3n) is 3.03. The van der Waals surface area contributed by atoms with Crippen molar-refractivity contribution >= 4 is 15.9 Å². The van der Waals surface area contributed by atoms with Crippen LogP contribution < -0.4 is 5.73 Å². The van der Waals surface area contributed by atoms with E-state index in [-0.39, 0.29) is 0 Å². The average molecular weight is 293 g/mol. The number of aryl methyl sites for hydroxylation is 1. The Hall–Kier alpha value is -1.06. The molecule has 2 nitrogen and oxygen atoms in total. The van der Waals surface area contributed by atoms with E-state index < -0.39 is 0 Å². The van der Waals surface area contributed by atoms with Gasteiger partial charge in [0.25, 0.3) is 0 Å². The molecule has 1 heterocycles. The second-order valence-corrected chi connectivity index (χ2v) is 5.16. The monoisotopic (exact) mass is 292 g/mol. The molecule has 0 spiro atoms. The molecule has 0 amide bonds. The lowest BCUT2D eigenvalue weighted by atomic mass is 10.2. The minimum absolute atomic E-state index is 0.699. The first kappa shape index (κ1) is 12.4. The molecule has 0 saturated carbocycles. The summed E-state index contributed by atoms with van der Waals surface area (Å²) in [5.74, 6) is 0. The summed E-state index contributed by atoms with van der Waals surface area (Å²) >= 11 is 3.46. The average Bonchev–Trinajstić information content (AvgIpc) is 2.57. The number of aromatic nitrogens is 1. The number of hydrogen-bond donors (Lipinski definition) is 1. The summed E-state index contributed by atoms with van der Waals surface area (Å²) < 4.78 is 3.38. The molecule has 3 heteroatoms. The highest BCUT2D eigenvalue weighted by molar-refractivity contribution is 9.10. The smallest absolute Gasteiger partial charge is 0.0455 e. The quantitative estimate of drug-likeness (QED) is 0.924. The molecule has 0 aliphatic rings. The fourth-order valence-corrected chi connectivity index (χ4v) is 2.49. The maximum atomic E-state index is 5.63. The van der Waals surface area contributed by atoms with Gasteiger partial charge in [-0.05, 0) is 62.7 Å². The zero-order chi connectivity index (χ0) is 12.4. The molecule has 0 aliphatic heterocycles. The highest BCUT2D eigenvalue weighted by atomic mass is 79.9. The third-order valence-corrected chi connectivity index (χ3v) is 3.56. The van der Waals surface area contributed by atoms with Gasteiger partial charge in [0.2, 0.25) is 0 Å². The molecule has 0 fully saturated rings. The number of nitrogens with zero attached hydrogens (tertiary/aromatic N) is 1. The van der Waals surface area contributed by atoms with Crippen molar-refractivity contribution < 1.29 is 0 Å². The Morgan fingerprint density at radius 3 is 2.41 bits per heavy atom. The molecule has 2 rings (SSSR count). The van der Waals surface area contributed by atoms with E-state index in [1.165, 1.54) is 22.6 Å². The summed E-state index contributed by atoms with van der Waals surface area (Å²) in [7, 11) is 0. The van der Waals surface area contributed by atoms with E-state index in [1.54, 1.807) is 0 Å². The highest BCUT2D eigenvalue weighted by Crippen LogP contribution is 2.22. The summed E-state index contributed by atoms with van der Waals surface area (Å²) in [5.41, 5.74) is 10.7. The predicted molar refractivity (Wildman–Crippen MR) is 75.7 cm³/mol. The van der Waals surface area contributed by atoms with Gasteiger partial charge in [0.15, 0.2) is 0 Å². The van der Waals surface area contributed by atoms with Crippen LogP contribution in [0.25, 0.3) is 5.69 Å². The van der Waals surface area contributed by atoms with Gasteiger partial charge < -0.3 is 10.3 Å². The maximum absolute atomic E-state index is 5.63. The van der Waals surface area contributed by atoms with Crippen LogP contribution in [0.4, 0.5) is 0 Å². The number of nitrogens with two attached hydrogens (primary N) is 1. The number of benzene rings is 1. The second kappa shape index (κ2) is 5.07. The van der Waals surface area contributed by atoms with Crippen LogP contribution in [-0.4, -0.2) is 11.1 Å². The van der Waals surface area contributed by atoms with E-state index in [4.69, 9.17) is 5.73 Å². The van der Waals surface area contributed by atoms with Crippen LogP contribution in [0.15, 0.2) is 34.8 Å². The molecule has 2 N–H and O–H groups in total. The topological polar surface area (TPSA) is 30.9 Å². The minimum Gasteiger partial charge on any atom is -0.330 e. The van der Waals surface area contributed by atoms with Gasteiger partial charge in [0, 0.05) is 21.5 Å². The van der Waals surface area contributed by atoms with Crippen LogP contribution in [-0.2, 0) is 6.42 Å². The summed E-state index contributed by atoms with van der Waals surface area (Å²) in [6.45, 7) is 4.99. The molecule has 17 heavy (non-hydrogen) atoms. The van der Waals surface area contributed by atoms with Crippen molar-refractivity contribution in [3.8, 4) is 5.69 Å². The van der Waals surface area contributed by atoms with E-state index in [1.807, 2.05) is 0 Å². The lowest BCUT2D eigenvalue weighted by Gasteiger charge is -2.10. The van der Waals surface area contributed by atoms with Crippen molar-refractivity contribution in [1.29, 1.82) is 0 Å². The molecular weight excluding hydrogens is 276 g/mol. The lowest BCUT2D eigenvalue weighted by Crippen LogP contribution is -2.04. The van der Waals surface area contributed by atoms with E-state index in [9.17, 15) is 0 Å². The van der Waals surface area contributed by atoms with Gasteiger partial charge in [-0.1, -0.05) is 15.9 Å². The van der Waals surface area contributed by atoms with E-state index in [2.05, 4.69) is 64.7 Å². The number of rotatable bonds is 3. The first-order valence-corrected chi connectivity index (χ1v) is 6.56. The molecule has 1 aromatic heterocycles. The fraction of sp³-hybridized carbons (Fsp3) is 0.286. The van der Waals surface area contributed by atoms with Crippen LogP contribution in [0.1, 0.15) is 17.0 Å². The Bertz CT molecular complexity index is 512. The van der Waals surface area contributed by atoms with E-state index in [0.717, 1.165) is 10.9 Å². The van der Waals surface area contributed by atoms with Crippen molar-refractivity contribution in [2.75, 3.05) is 6.54 Å². The molecule has 0 atom stereocenters. The van der Waals surface area contributed by atoms with Gasteiger partial charge >= 0.3 is 0 Å². The number of halogens is 1. The van der Waals surface area contributed by atoms with Gasteiger partial charge in [-0.2, -0.15) is 0 Å². The summed E-state index contributed by atoms with van der Waals surface area (Å²) in [5, 5.41) is 0. The highest BCUT2D eigenvalue weighted by Gasteiger charge is 2.09. The van der Waals surface area contributed by atoms with Gasteiger partial charge in [0.05, 0.1) is 0 Å². The summed E-state index contributed by atoms with van der Waals surface area (Å²) in [6.07, 6.45) is 0.941. The van der Waals surface area contributed by atoms with Crippen molar-refractivity contribution in [2.45, 2.75) is 20.3 Å². The van der Waals surface area contributed by atoms with Crippen molar-refractivity contribution in [2.24, 2.45) is 5.73 Å². The Balaban J connectivity index is 2.48. The van der Waals surface area contributed by atoms with Crippen LogP contribution in [0, 0.1) is 13.8 Å². The van der Waals surface area contributed by atoms with E-state index >= 15 is 0 Å². The molecule has 0 unspecified atom stereocenters. The SMILES string of the molecule is Cc1cc(CCN)c(C)n1-c1ccc(Br)cc1. The van der Waals surface area contributed by atoms with Gasteiger partial charge in [0.1, 0.15) is 0 Å². The maximum Gasteiger partial charge on any atom is 0.0455 e. The molecular formula is C14H17BrN2. The third kappa shape index (κ3) is 2.45. The molecule has 0 radical (unpaired) electrons. The molecule has 90 valence electrons. The largest absolute Gasteiger partial charge is 0.330 e. The van der Waals surface area contributed by atoms with Crippen LogP contribution >= 0.6 is 15.9 Å². The first-order chi connectivity index (χ1) is 8.13. The van der Waals surface area contributed by atoms with Gasteiger partial charge in [-0.3, -0.25) is 0 Å². The Morgan fingerprint density at radius 2 is 1.82 bits per heavy atom. The van der Waals surface area contributed by atoms with Crippen molar-refractivity contribution in [3.63, 3.8) is 0 Å². The Morgan fingerprint density at radius 1 is 1.18 bits per heavy atom. The molecule has 1 aromatic carbocycles. The van der Waals surface area contributed by atoms with E-state index in [0.29, 0.717) is 6.54 Å². The van der Waals surface area contributed by atoms with Crippen LogP contribution in [0.5, 0.6) is 0 Å². The lowest BCUT2D eigenvalue weighted by molar-refractivity contribution is 0.920. The first-order valence-electron chi connectivity index (χ1n) is 5.77. The standard InChI is InChI=1S/C14H17BrN2/c1-10-9-12(7-8-16)11(2)17(10)14-5-3-13(15)4-6-14/h3-6,9H,7-8,16H2,1-2H3. The zero-order valence-electron chi connectivity index (χ0n) is 10.2. The zero-order valence-corrected chi connectivity index (χ0v) is 11.8. The van der Waals surface area contributed by atoms with Crippen molar-refractivity contribution in [3.05, 3.63) is 51.8 Å². The predicted octanol–water partition coefficient (Wildman–Crippen LogP) is 3.36. The molecule has 0 bridgehead atoms. The molecule has 0 saturated heterocycles. The molecule has 2 aromatic rings. The summed E-state index contributed by atoms with van der Waals surface area (Å²) in [6, 6.07) is 10.6. The normalized spacial score (nSPS) is 10.8. The Kier molecular flexibility index (Phi) is 3.69. The van der Waals surface area contributed by atoms with Crippen LogP contribution in [0.3, 0.4) is 0 Å². The minimum atomic E-state index is 0.699. The Labute approximate surface area is 111 Å². The fourth-order valence-electron chi connectivity index (χ4n) is 2.23.